The molecule has 1 aliphatic rings. The summed E-state index contributed by atoms with van der Waals surface area (Å²) in [5.74, 6) is -0.860. The summed E-state index contributed by atoms with van der Waals surface area (Å²) in [7, 11) is 3.04. The molecular weight excluding hydrogens is 476 g/mol. The zero-order chi connectivity index (χ0) is 25.6. The monoisotopic (exact) mass is 500 g/mol. The Bertz CT molecular complexity index is 1540. The highest BCUT2D eigenvalue weighted by Gasteiger charge is 2.49. The largest absolute Gasteiger partial charge is 0.507 e. The summed E-state index contributed by atoms with van der Waals surface area (Å²) in [6.07, 6.45) is 0. The minimum atomic E-state index is -0.974. The predicted molar refractivity (Wildman–Crippen MR) is 140 cm³/mol. The third-order valence-electron chi connectivity index (χ3n) is 6.24. The van der Waals surface area contributed by atoms with Gasteiger partial charge in [-0.1, -0.05) is 47.2 Å². The molecule has 1 N–H and O–H groups in total. The van der Waals surface area contributed by atoms with Crippen LogP contribution in [-0.4, -0.2) is 36.0 Å². The summed E-state index contributed by atoms with van der Waals surface area (Å²) in [5.41, 5.74) is 3.68. The molecule has 4 aromatic rings. The fourth-order valence-corrected chi connectivity index (χ4v) is 5.46. The number of anilines is 1. The van der Waals surface area contributed by atoms with E-state index in [1.807, 2.05) is 44.2 Å². The van der Waals surface area contributed by atoms with Crippen LogP contribution in [0.1, 0.15) is 28.3 Å². The molecule has 0 radical (unpaired) electrons. The van der Waals surface area contributed by atoms with Crippen LogP contribution in [0.5, 0.6) is 11.5 Å². The average Bonchev–Trinajstić information content (AvgIpc) is 3.41. The Balaban J connectivity index is 1.78. The van der Waals surface area contributed by atoms with Gasteiger partial charge in [-0.2, -0.15) is 0 Å². The van der Waals surface area contributed by atoms with Crippen molar-refractivity contribution < 1.29 is 24.2 Å². The van der Waals surface area contributed by atoms with Gasteiger partial charge in [-0.25, -0.2) is 4.98 Å². The van der Waals surface area contributed by atoms with Crippen molar-refractivity contribution in [1.29, 1.82) is 0 Å². The fourth-order valence-electron chi connectivity index (χ4n) is 4.37. The highest BCUT2D eigenvalue weighted by atomic mass is 32.1. The van der Waals surface area contributed by atoms with Crippen molar-refractivity contribution in [2.24, 2.45) is 0 Å². The van der Waals surface area contributed by atoms with E-state index in [4.69, 9.17) is 9.47 Å². The molecule has 0 spiro atoms. The number of amides is 1. The lowest BCUT2D eigenvalue weighted by atomic mass is 9.94. The molecule has 2 heterocycles. The van der Waals surface area contributed by atoms with E-state index < -0.39 is 17.7 Å². The number of Topliss-reactive ketones (excluding diaryl/α,β-unsaturated/α-hetero) is 1. The molecule has 0 bridgehead atoms. The Kier molecular flexibility index (Phi) is 5.97. The molecule has 8 heteroatoms. The number of aromatic nitrogens is 1. The highest BCUT2D eigenvalue weighted by Crippen LogP contribution is 2.47. The lowest BCUT2D eigenvalue weighted by Gasteiger charge is -2.25. The van der Waals surface area contributed by atoms with Gasteiger partial charge in [0.15, 0.2) is 5.13 Å². The second-order valence-electron chi connectivity index (χ2n) is 8.61. The average molecular weight is 501 g/mol. The van der Waals surface area contributed by atoms with Gasteiger partial charge in [-0.3, -0.25) is 14.5 Å². The molecule has 0 aliphatic carbocycles. The number of hydrogen-bond donors (Lipinski definition) is 1. The van der Waals surface area contributed by atoms with Crippen LogP contribution >= 0.6 is 11.3 Å². The van der Waals surface area contributed by atoms with Gasteiger partial charge >= 0.3 is 5.91 Å². The Morgan fingerprint density at radius 3 is 2.36 bits per heavy atom. The first kappa shape index (κ1) is 23.6. The quantitative estimate of drug-likeness (QED) is 0.219. The lowest BCUT2D eigenvalue weighted by Crippen LogP contribution is -2.29. The van der Waals surface area contributed by atoms with Crippen molar-refractivity contribution in [3.63, 3.8) is 0 Å². The van der Waals surface area contributed by atoms with E-state index in [1.165, 1.54) is 30.5 Å². The van der Waals surface area contributed by atoms with Crippen LogP contribution in [0.2, 0.25) is 0 Å². The van der Waals surface area contributed by atoms with E-state index in [0.717, 1.165) is 21.3 Å². The molecular formula is C28H24N2O5S. The molecule has 1 aliphatic heterocycles. The molecule has 3 aromatic carbocycles. The summed E-state index contributed by atoms with van der Waals surface area (Å²) in [6, 6.07) is 17.1. The third-order valence-corrected chi connectivity index (χ3v) is 7.26. The normalized spacial score (nSPS) is 17.1. The molecule has 1 saturated heterocycles. The van der Waals surface area contributed by atoms with Crippen molar-refractivity contribution in [3.05, 3.63) is 88.5 Å². The van der Waals surface area contributed by atoms with Crippen LogP contribution in [0, 0.1) is 13.8 Å². The fraction of sp³-hybridized carbons (Fsp3) is 0.179. The first-order valence-electron chi connectivity index (χ1n) is 11.3. The van der Waals surface area contributed by atoms with Gasteiger partial charge in [-0.15, -0.1) is 0 Å². The number of aliphatic hydroxyl groups excluding tert-OH is 1. The number of hydrogen-bond acceptors (Lipinski definition) is 7. The number of aryl methyl sites for hydroxylation is 2. The summed E-state index contributed by atoms with van der Waals surface area (Å²) in [5, 5.41) is 11.7. The molecule has 5 rings (SSSR count). The molecule has 1 amide bonds. The van der Waals surface area contributed by atoms with Crippen molar-refractivity contribution in [3.8, 4) is 11.5 Å². The molecule has 1 atom stereocenters. The van der Waals surface area contributed by atoms with Gasteiger partial charge < -0.3 is 14.6 Å². The van der Waals surface area contributed by atoms with Crippen LogP contribution in [-0.2, 0) is 9.59 Å². The number of ether oxygens (including phenoxy) is 2. The number of thiazole rings is 1. The first-order valence-corrected chi connectivity index (χ1v) is 12.1. The SMILES string of the molecule is COc1ccc(OC)c(C2C(=C(O)c3ccc(C)cc3)C(=O)C(=O)N2c2nc3ccc(C)cc3s2)c1. The van der Waals surface area contributed by atoms with E-state index in [1.54, 1.807) is 30.3 Å². The van der Waals surface area contributed by atoms with E-state index in [0.29, 0.717) is 27.8 Å². The zero-order valence-corrected chi connectivity index (χ0v) is 21.1. The van der Waals surface area contributed by atoms with Crippen molar-refractivity contribution >= 4 is 44.1 Å². The minimum absolute atomic E-state index is 0.0363. The maximum absolute atomic E-state index is 13.5. The number of carbonyl (C=O) groups is 2. The van der Waals surface area contributed by atoms with Crippen LogP contribution < -0.4 is 14.4 Å². The number of methoxy groups -OCH3 is 2. The van der Waals surface area contributed by atoms with Crippen molar-refractivity contribution in [2.45, 2.75) is 19.9 Å². The van der Waals surface area contributed by atoms with Crippen LogP contribution in [0.15, 0.2) is 66.2 Å². The number of benzene rings is 3. The summed E-state index contributed by atoms with van der Waals surface area (Å²) in [4.78, 5) is 33.0. The molecule has 0 saturated carbocycles. The molecule has 36 heavy (non-hydrogen) atoms. The third kappa shape index (κ3) is 3.89. The van der Waals surface area contributed by atoms with Gasteiger partial charge in [0.1, 0.15) is 23.3 Å². The molecule has 1 unspecified atom stereocenters. The number of ketones is 1. The van der Waals surface area contributed by atoms with Crippen molar-refractivity contribution in [2.75, 3.05) is 19.1 Å². The smallest absolute Gasteiger partial charge is 0.301 e. The number of carbonyl (C=O) groups excluding carboxylic acids is 2. The van der Waals surface area contributed by atoms with E-state index in [2.05, 4.69) is 4.98 Å². The number of fused-ring (bicyclic) bond motifs is 1. The second-order valence-corrected chi connectivity index (χ2v) is 9.62. The minimum Gasteiger partial charge on any atom is -0.507 e. The lowest BCUT2D eigenvalue weighted by molar-refractivity contribution is -0.132. The Labute approximate surface area is 212 Å². The first-order chi connectivity index (χ1) is 17.3. The van der Waals surface area contributed by atoms with Crippen LogP contribution in [0.25, 0.3) is 16.0 Å². The summed E-state index contributed by atoms with van der Waals surface area (Å²) >= 11 is 1.31. The van der Waals surface area contributed by atoms with Gasteiger partial charge in [-0.05, 0) is 49.7 Å². The van der Waals surface area contributed by atoms with E-state index in [9.17, 15) is 14.7 Å². The van der Waals surface area contributed by atoms with Crippen LogP contribution in [0.3, 0.4) is 0 Å². The molecule has 1 fully saturated rings. The molecule has 7 nitrogen and oxygen atoms in total. The van der Waals surface area contributed by atoms with E-state index >= 15 is 0 Å². The Morgan fingerprint density at radius 2 is 1.67 bits per heavy atom. The summed E-state index contributed by atoms with van der Waals surface area (Å²) in [6.45, 7) is 3.91. The Morgan fingerprint density at radius 1 is 0.944 bits per heavy atom. The molecule has 182 valence electrons. The number of nitrogens with zero attached hydrogens (tertiary/aromatic N) is 2. The standard InChI is InChI=1S/C28H24N2O5S/c1-15-5-8-17(9-6-15)25(31)23-24(19-14-18(34-3)10-12-21(19)35-4)30(27(33)26(23)32)28-29-20-11-7-16(2)13-22(20)36-28/h5-14,24,31H,1-4H3. The van der Waals surface area contributed by atoms with Gasteiger partial charge in [0, 0.05) is 11.1 Å². The zero-order valence-electron chi connectivity index (χ0n) is 20.2. The number of rotatable bonds is 5. The van der Waals surface area contributed by atoms with Crippen molar-refractivity contribution in [1.82, 2.24) is 4.98 Å². The predicted octanol–water partition coefficient (Wildman–Crippen LogP) is 5.56. The topological polar surface area (TPSA) is 89.0 Å². The highest BCUT2D eigenvalue weighted by molar-refractivity contribution is 7.22. The summed E-state index contributed by atoms with van der Waals surface area (Å²) < 4.78 is 11.9. The number of aliphatic hydroxyl groups is 1. The van der Waals surface area contributed by atoms with Crippen LogP contribution in [0.4, 0.5) is 5.13 Å². The van der Waals surface area contributed by atoms with Gasteiger partial charge in [0.05, 0.1) is 30.0 Å². The van der Waals surface area contributed by atoms with Gasteiger partial charge in [0.2, 0.25) is 0 Å². The maximum Gasteiger partial charge on any atom is 0.301 e. The van der Waals surface area contributed by atoms with Gasteiger partial charge in [0.25, 0.3) is 5.78 Å². The van der Waals surface area contributed by atoms with E-state index in [-0.39, 0.29) is 11.3 Å². The second kappa shape index (κ2) is 9.13. The Hall–Kier alpha value is -4.17. The maximum atomic E-state index is 13.5. The molecule has 1 aromatic heterocycles.